The highest BCUT2D eigenvalue weighted by Crippen LogP contribution is 2.42. The summed E-state index contributed by atoms with van der Waals surface area (Å²) in [5.41, 5.74) is 3.22. The van der Waals surface area contributed by atoms with Gasteiger partial charge >= 0.3 is 0 Å². The van der Waals surface area contributed by atoms with Crippen molar-refractivity contribution in [2.45, 2.75) is 18.3 Å². The fourth-order valence-corrected chi connectivity index (χ4v) is 5.03. The van der Waals surface area contributed by atoms with Crippen molar-refractivity contribution in [1.29, 1.82) is 0 Å². The van der Waals surface area contributed by atoms with Crippen molar-refractivity contribution in [3.8, 4) is 0 Å². The first-order valence-electron chi connectivity index (χ1n) is 9.98. The first-order chi connectivity index (χ1) is 14.7. The number of nitrogens with zero attached hydrogens (tertiary/aromatic N) is 4. The summed E-state index contributed by atoms with van der Waals surface area (Å²) in [6.45, 7) is 1.31. The second-order valence-electron chi connectivity index (χ2n) is 7.53. The summed E-state index contributed by atoms with van der Waals surface area (Å²) in [5, 5.41) is 13.9. The summed E-state index contributed by atoms with van der Waals surface area (Å²) >= 11 is 1.62. The monoisotopic (exact) mass is 418 g/mol. The van der Waals surface area contributed by atoms with Gasteiger partial charge in [0.25, 0.3) is 5.91 Å². The van der Waals surface area contributed by atoms with Gasteiger partial charge in [-0.15, -0.1) is 11.3 Å². The Morgan fingerprint density at radius 3 is 2.67 bits per heavy atom. The molecule has 2 N–H and O–H groups in total. The molecule has 0 saturated carbocycles. The molecule has 1 aliphatic heterocycles. The van der Waals surface area contributed by atoms with Crippen LogP contribution in [0.1, 0.15) is 34.6 Å². The molecule has 0 spiro atoms. The Kier molecular flexibility index (Phi) is 4.71. The zero-order valence-electron chi connectivity index (χ0n) is 16.6. The molecule has 3 aromatic heterocycles. The van der Waals surface area contributed by atoms with Crippen LogP contribution in [-0.2, 0) is 5.41 Å². The van der Waals surface area contributed by atoms with Gasteiger partial charge in [0, 0.05) is 36.3 Å². The molecule has 7 nitrogen and oxygen atoms in total. The van der Waals surface area contributed by atoms with Crippen molar-refractivity contribution in [2.24, 2.45) is 0 Å². The van der Waals surface area contributed by atoms with Gasteiger partial charge < -0.3 is 10.2 Å². The van der Waals surface area contributed by atoms with Crippen molar-refractivity contribution in [2.75, 3.05) is 25.5 Å². The number of carbonyl (C=O) groups excluding carboxylic acids is 1. The fraction of sp³-hybridized carbons (Fsp3) is 0.273. The average molecular weight is 419 g/mol. The predicted octanol–water partition coefficient (Wildman–Crippen LogP) is 3.68. The number of hydrogen-bond acceptors (Lipinski definition) is 6. The molecule has 1 fully saturated rings. The van der Waals surface area contributed by atoms with Crippen LogP contribution in [0.25, 0.3) is 11.0 Å². The van der Waals surface area contributed by atoms with E-state index >= 15 is 0 Å². The Hall–Kier alpha value is -3.26. The smallest absolute Gasteiger partial charge is 0.272 e. The van der Waals surface area contributed by atoms with E-state index < -0.39 is 0 Å². The fourth-order valence-electron chi connectivity index (χ4n) is 4.26. The van der Waals surface area contributed by atoms with E-state index in [0.717, 1.165) is 29.1 Å². The van der Waals surface area contributed by atoms with E-state index in [-0.39, 0.29) is 11.3 Å². The van der Waals surface area contributed by atoms with Crippen LogP contribution in [0.15, 0.2) is 54.0 Å². The minimum atomic E-state index is -0.190. The number of thiazole rings is 1. The van der Waals surface area contributed by atoms with Crippen LogP contribution >= 0.6 is 11.3 Å². The highest BCUT2D eigenvalue weighted by atomic mass is 32.1. The SMILES string of the molecule is CNc1nc(C2(c3ccccc3)CCN(C(=O)c3ccc4cn[nH]c4n3)CC2)cs1. The number of likely N-dealkylation sites (tertiary alicyclic amines) is 1. The van der Waals surface area contributed by atoms with Crippen molar-refractivity contribution in [3.05, 3.63) is 71.0 Å². The van der Waals surface area contributed by atoms with Gasteiger partial charge in [-0.25, -0.2) is 9.97 Å². The molecule has 0 unspecified atom stereocenters. The number of fused-ring (bicyclic) bond motifs is 1. The minimum absolute atomic E-state index is 0.0395. The van der Waals surface area contributed by atoms with E-state index in [2.05, 4.69) is 50.1 Å². The van der Waals surface area contributed by atoms with Gasteiger partial charge in [0.15, 0.2) is 10.8 Å². The van der Waals surface area contributed by atoms with Crippen molar-refractivity contribution in [3.63, 3.8) is 0 Å². The lowest BCUT2D eigenvalue weighted by atomic mass is 9.70. The molecule has 0 radical (unpaired) electrons. The quantitative estimate of drug-likeness (QED) is 0.528. The molecule has 0 atom stereocenters. The van der Waals surface area contributed by atoms with Gasteiger partial charge in [-0.2, -0.15) is 5.10 Å². The van der Waals surface area contributed by atoms with Gasteiger partial charge in [-0.3, -0.25) is 9.89 Å². The van der Waals surface area contributed by atoms with Crippen molar-refractivity contribution >= 4 is 33.4 Å². The maximum Gasteiger partial charge on any atom is 0.272 e. The van der Waals surface area contributed by atoms with Gasteiger partial charge in [0.2, 0.25) is 0 Å². The Labute approximate surface area is 178 Å². The van der Waals surface area contributed by atoms with Crippen LogP contribution in [0.2, 0.25) is 0 Å². The number of rotatable bonds is 4. The van der Waals surface area contributed by atoms with E-state index in [1.54, 1.807) is 23.6 Å². The molecule has 1 amide bonds. The number of carbonyl (C=O) groups is 1. The molecule has 8 heteroatoms. The zero-order chi connectivity index (χ0) is 20.6. The average Bonchev–Trinajstić information content (AvgIpc) is 3.48. The maximum atomic E-state index is 13.1. The first-order valence-corrected chi connectivity index (χ1v) is 10.9. The van der Waals surface area contributed by atoms with E-state index in [1.807, 2.05) is 24.1 Å². The molecule has 4 heterocycles. The predicted molar refractivity (Wildman–Crippen MR) is 118 cm³/mol. The standard InChI is InChI=1S/C22H22N6OS/c1-23-21-26-18(14-30-21)22(16-5-3-2-4-6-16)9-11-28(12-10-22)20(29)17-8-7-15-13-24-27-19(15)25-17/h2-8,13-14H,9-12H2,1H3,(H,23,26)(H,24,25,27). The molecule has 152 valence electrons. The zero-order valence-corrected chi connectivity index (χ0v) is 17.4. The van der Waals surface area contributed by atoms with E-state index in [4.69, 9.17) is 4.98 Å². The third kappa shape index (κ3) is 3.13. The number of anilines is 1. The molecule has 1 saturated heterocycles. The summed E-state index contributed by atoms with van der Waals surface area (Å²) in [5.74, 6) is -0.0395. The number of benzene rings is 1. The Balaban J connectivity index is 1.42. The lowest BCUT2D eigenvalue weighted by Gasteiger charge is -2.41. The van der Waals surface area contributed by atoms with Gasteiger partial charge in [-0.05, 0) is 30.5 Å². The number of piperidine rings is 1. The summed E-state index contributed by atoms with van der Waals surface area (Å²) in [6.07, 6.45) is 3.35. The normalized spacial score (nSPS) is 16.0. The van der Waals surface area contributed by atoms with Crippen LogP contribution in [0.4, 0.5) is 5.13 Å². The Morgan fingerprint density at radius 1 is 1.13 bits per heavy atom. The van der Waals surface area contributed by atoms with Gasteiger partial charge in [0.1, 0.15) is 5.69 Å². The second-order valence-corrected chi connectivity index (χ2v) is 8.39. The van der Waals surface area contributed by atoms with Crippen molar-refractivity contribution < 1.29 is 4.79 Å². The van der Waals surface area contributed by atoms with Crippen LogP contribution in [0.5, 0.6) is 0 Å². The third-order valence-electron chi connectivity index (χ3n) is 5.96. The summed E-state index contributed by atoms with van der Waals surface area (Å²) in [6, 6.07) is 14.2. The number of nitrogens with one attached hydrogen (secondary N) is 2. The molecule has 0 bridgehead atoms. The minimum Gasteiger partial charge on any atom is -0.365 e. The third-order valence-corrected chi connectivity index (χ3v) is 6.82. The van der Waals surface area contributed by atoms with E-state index in [0.29, 0.717) is 24.4 Å². The number of pyridine rings is 1. The molecule has 30 heavy (non-hydrogen) atoms. The highest BCUT2D eigenvalue weighted by Gasteiger charge is 2.41. The topological polar surface area (TPSA) is 86.8 Å². The first kappa shape index (κ1) is 18.7. The number of aromatic nitrogens is 4. The Morgan fingerprint density at radius 2 is 1.93 bits per heavy atom. The maximum absolute atomic E-state index is 13.1. The molecule has 5 rings (SSSR count). The lowest BCUT2D eigenvalue weighted by molar-refractivity contribution is 0.0678. The molecule has 0 aliphatic carbocycles. The van der Waals surface area contributed by atoms with Crippen LogP contribution in [0, 0.1) is 0 Å². The molecule has 4 aromatic rings. The number of amides is 1. The van der Waals surface area contributed by atoms with Gasteiger partial charge in [-0.1, -0.05) is 30.3 Å². The summed E-state index contributed by atoms with van der Waals surface area (Å²) < 4.78 is 0. The van der Waals surface area contributed by atoms with Crippen LogP contribution in [0.3, 0.4) is 0 Å². The van der Waals surface area contributed by atoms with E-state index in [1.165, 1.54) is 5.56 Å². The van der Waals surface area contributed by atoms with Crippen LogP contribution < -0.4 is 5.32 Å². The summed E-state index contributed by atoms with van der Waals surface area (Å²) in [4.78, 5) is 24.3. The number of aromatic amines is 1. The lowest BCUT2D eigenvalue weighted by Crippen LogP contribution is -2.46. The number of hydrogen-bond donors (Lipinski definition) is 2. The molecular weight excluding hydrogens is 396 g/mol. The van der Waals surface area contributed by atoms with Gasteiger partial charge in [0.05, 0.1) is 11.9 Å². The van der Waals surface area contributed by atoms with E-state index in [9.17, 15) is 4.79 Å². The highest BCUT2D eigenvalue weighted by molar-refractivity contribution is 7.13. The van der Waals surface area contributed by atoms with Crippen LogP contribution in [-0.4, -0.2) is 51.1 Å². The molecular formula is C22H22N6OS. The molecule has 1 aromatic carbocycles. The largest absolute Gasteiger partial charge is 0.365 e. The molecule has 1 aliphatic rings. The Bertz CT molecular complexity index is 1180. The summed E-state index contributed by atoms with van der Waals surface area (Å²) in [7, 11) is 1.89. The number of H-pyrrole nitrogens is 1. The second kappa shape index (κ2) is 7.53. The van der Waals surface area contributed by atoms with Crippen molar-refractivity contribution in [1.82, 2.24) is 25.1 Å².